The first-order valence-corrected chi connectivity index (χ1v) is 10.5. The summed E-state index contributed by atoms with van der Waals surface area (Å²) in [6.07, 6.45) is 4.02. The zero-order chi connectivity index (χ0) is 21.7. The number of nitrogens with zero attached hydrogens (tertiary/aromatic N) is 3. The van der Waals surface area contributed by atoms with Crippen LogP contribution in [0.25, 0.3) is 5.76 Å². The van der Waals surface area contributed by atoms with Gasteiger partial charge in [0.2, 0.25) is 0 Å². The zero-order valence-corrected chi connectivity index (χ0v) is 17.8. The van der Waals surface area contributed by atoms with Crippen LogP contribution in [0.2, 0.25) is 0 Å². The molecule has 1 saturated heterocycles. The molecule has 1 N–H and O–H groups in total. The molecule has 0 saturated carbocycles. The predicted molar refractivity (Wildman–Crippen MR) is 117 cm³/mol. The maximum atomic E-state index is 13.0. The molecule has 1 aromatic carbocycles. The van der Waals surface area contributed by atoms with Gasteiger partial charge in [0.1, 0.15) is 5.76 Å². The fourth-order valence-corrected chi connectivity index (χ4v) is 3.87. The summed E-state index contributed by atoms with van der Waals surface area (Å²) in [6, 6.07) is 10.2. The second kappa shape index (κ2) is 9.67. The van der Waals surface area contributed by atoms with Crippen LogP contribution in [0.5, 0.6) is 0 Å². The number of likely N-dealkylation sites (tertiary alicyclic amines) is 1. The van der Waals surface area contributed by atoms with E-state index in [0.717, 1.165) is 37.2 Å². The quantitative estimate of drug-likeness (QED) is 0.412. The molecule has 0 radical (unpaired) electrons. The number of aryl methyl sites for hydroxylation is 1. The third-order valence-corrected chi connectivity index (χ3v) is 5.65. The molecule has 0 unspecified atom stereocenters. The van der Waals surface area contributed by atoms with E-state index in [-0.39, 0.29) is 11.3 Å². The summed E-state index contributed by atoms with van der Waals surface area (Å²) in [5, 5.41) is 11.0. The third kappa shape index (κ3) is 4.44. The maximum absolute atomic E-state index is 13.0. The Morgan fingerprint density at radius 1 is 1.07 bits per heavy atom. The molecule has 1 fully saturated rings. The molecule has 1 aliphatic heterocycles. The van der Waals surface area contributed by atoms with Crippen molar-refractivity contribution in [2.75, 3.05) is 26.2 Å². The summed E-state index contributed by atoms with van der Waals surface area (Å²) in [7, 11) is 0. The lowest BCUT2D eigenvalue weighted by Crippen LogP contribution is -2.33. The van der Waals surface area contributed by atoms with Gasteiger partial charge < -0.3 is 14.9 Å². The van der Waals surface area contributed by atoms with Crippen molar-refractivity contribution in [3.63, 3.8) is 0 Å². The Kier molecular flexibility index (Phi) is 7.00. The first-order chi connectivity index (χ1) is 14.5. The number of aliphatic hydroxyl groups excluding tert-OH is 1. The number of aliphatic hydroxyl groups is 1. The van der Waals surface area contributed by atoms with Crippen molar-refractivity contribution in [1.82, 2.24) is 14.8 Å². The van der Waals surface area contributed by atoms with E-state index in [0.29, 0.717) is 12.1 Å². The van der Waals surface area contributed by atoms with Gasteiger partial charge in [-0.25, -0.2) is 0 Å². The third-order valence-electron chi connectivity index (χ3n) is 5.65. The van der Waals surface area contributed by atoms with Crippen molar-refractivity contribution in [2.24, 2.45) is 0 Å². The van der Waals surface area contributed by atoms with E-state index in [1.807, 2.05) is 19.1 Å². The SMILES string of the molecule is CCN(CC)CCCN1C(=O)C(=O)/C(=C(/O)c2ccc(C)cc2)[C@@H]1c1ccncc1. The lowest BCUT2D eigenvalue weighted by atomic mass is 9.95. The minimum absolute atomic E-state index is 0.137. The maximum Gasteiger partial charge on any atom is 0.295 e. The van der Waals surface area contributed by atoms with Gasteiger partial charge in [0.15, 0.2) is 0 Å². The topological polar surface area (TPSA) is 73.7 Å². The van der Waals surface area contributed by atoms with Crippen LogP contribution < -0.4 is 0 Å². The molecule has 3 rings (SSSR count). The Morgan fingerprint density at radius 2 is 1.70 bits per heavy atom. The van der Waals surface area contributed by atoms with Gasteiger partial charge in [0.05, 0.1) is 11.6 Å². The first-order valence-electron chi connectivity index (χ1n) is 10.5. The van der Waals surface area contributed by atoms with E-state index in [4.69, 9.17) is 0 Å². The van der Waals surface area contributed by atoms with Crippen molar-refractivity contribution in [1.29, 1.82) is 0 Å². The average molecular weight is 408 g/mol. The van der Waals surface area contributed by atoms with Gasteiger partial charge >= 0.3 is 0 Å². The highest BCUT2D eigenvalue weighted by Gasteiger charge is 2.45. The number of carbonyl (C=O) groups is 2. The monoisotopic (exact) mass is 407 g/mol. The first kappa shape index (κ1) is 21.7. The van der Waals surface area contributed by atoms with Gasteiger partial charge in [-0.2, -0.15) is 0 Å². The van der Waals surface area contributed by atoms with Crippen LogP contribution in [-0.4, -0.2) is 57.8 Å². The van der Waals surface area contributed by atoms with E-state index < -0.39 is 17.7 Å². The summed E-state index contributed by atoms with van der Waals surface area (Å²) in [5.41, 5.74) is 2.48. The Bertz CT molecular complexity index is 918. The highest BCUT2D eigenvalue weighted by molar-refractivity contribution is 6.46. The van der Waals surface area contributed by atoms with E-state index in [9.17, 15) is 14.7 Å². The molecule has 6 heteroatoms. The number of amides is 1. The fraction of sp³-hybridized carbons (Fsp3) is 0.375. The van der Waals surface area contributed by atoms with Crippen molar-refractivity contribution in [3.8, 4) is 0 Å². The number of rotatable bonds is 8. The summed E-state index contributed by atoms with van der Waals surface area (Å²) in [5.74, 6) is -1.34. The summed E-state index contributed by atoms with van der Waals surface area (Å²) in [4.78, 5) is 33.8. The van der Waals surface area contributed by atoms with E-state index in [1.54, 1.807) is 41.6 Å². The molecule has 1 aliphatic rings. The molecule has 0 aliphatic carbocycles. The lowest BCUT2D eigenvalue weighted by Gasteiger charge is -2.26. The number of carbonyl (C=O) groups excluding carboxylic acids is 2. The Balaban J connectivity index is 1.99. The summed E-state index contributed by atoms with van der Waals surface area (Å²) < 4.78 is 0. The standard InChI is InChI=1S/C24H29N3O3/c1-4-26(5-2)15-6-16-27-21(18-11-13-25-14-12-18)20(23(29)24(27)30)22(28)19-9-7-17(3)8-10-19/h7-14,21,28H,4-6,15-16H2,1-3H3/b22-20+/t21-/m0/s1. The highest BCUT2D eigenvalue weighted by Crippen LogP contribution is 2.39. The molecule has 1 atom stereocenters. The van der Waals surface area contributed by atoms with E-state index in [1.165, 1.54) is 0 Å². The van der Waals surface area contributed by atoms with Gasteiger partial charge in [0.25, 0.3) is 11.7 Å². The number of Topliss-reactive ketones (excluding diaryl/α,β-unsaturated/α-hetero) is 1. The van der Waals surface area contributed by atoms with Gasteiger partial charge in [-0.3, -0.25) is 14.6 Å². The molecule has 1 amide bonds. The van der Waals surface area contributed by atoms with Gasteiger partial charge in [-0.15, -0.1) is 0 Å². The molecule has 158 valence electrons. The minimum atomic E-state index is -0.641. The average Bonchev–Trinajstić information content (AvgIpc) is 3.02. The second-order valence-electron chi connectivity index (χ2n) is 7.52. The molecule has 1 aromatic heterocycles. The van der Waals surface area contributed by atoms with Crippen molar-refractivity contribution >= 4 is 17.4 Å². The number of hydrogen-bond acceptors (Lipinski definition) is 5. The lowest BCUT2D eigenvalue weighted by molar-refractivity contribution is -0.140. The van der Waals surface area contributed by atoms with Gasteiger partial charge in [0, 0.05) is 24.5 Å². The fourth-order valence-electron chi connectivity index (χ4n) is 3.87. The number of ketones is 1. The van der Waals surface area contributed by atoms with Crippen LogP contribution in [0, 0.1) is 6.92 Å². The molecular formula is C24H29N3O3. The molecule has 30 heavy (non-hydrogen) atoms. The van der Waals surface area contributed by atoms with Crippen LogP contribution in [0.15, 0.2) is 54.4 Å². The Morgan fingerprint density at radius 3 is 2.30 bits per heavy atom. The number of aromatic nitrogens is 1. The number of benzene rings is 1. The van der Waals surface area contributed by atoms with Crippen molar-refractivity contribution < 1.29 is 14.7 Å². The van der Waals surface area contributed by atoms with Crippen LogP contribution in [0.1, 0.15) is 43.0 Å². The number of pyridine rings is 1. The number of hydrogen-bond donors (Lipinski definition) is 1. The van der Waals surface area contributed by atoms with E-state index in [2.05, 4.69) is 23.7 Å². The normalized spacial score (nSPS) is 18.4. The molecule has 2 aromatic rings. The van der Waals surface area contributed by atoms with Crippen LogP contribution in [-0.2, 0) is 9.59 Å². The molecule has 2 heterocycles. The Hall–Kier alpha value is -2.99. The Labute approximate surface area is 177 Å². The minimum Gasteiger partial charge on any atom is -0.507 e. The van der Waals surface area contributed by atoms with Crippen molar-refractivity contribution in [2.45, 2.75) is 33.2 Å². The zero-order valence-electron chi connectivity index (χ0n) is 17.8. The summed E-state index contributed by atoms with van der Waals surface area (Å²) in [6.45, 7) is 9.33. The highest BCUT2D eigenvalue weighted by atomic mass is 16.3. The summed E-state index contributed by atoms with van der Waals surface area (Å²) >= 11 is 0. The molecule has 6 nitrogen and oxygen atoms in total. The van der Waals surface area contributed by atoms with Gasteiger partial charge in [-0.1, -0.05) is 43.7 Å². The molecular weight excluding hydrogens is 378 g/mol. The largest absolute Gasteiger partial charge is 0.507 e. The van der Waals surface area contributed by atoms with Crippen LogP contribution in [0.3, 0.4) is 0 Å². The molecule has 0 bridgehead atoms. The van der Waals surface area contributed by atoms with E-state index >= 15 is 0 Å². The van der Waals surface area contributed by atoms with Gasteiger partial charge in [-0.05, 0) is 50.7 Å². The van der Waals surface area contributed by atoms with Crippen LogP contribution in [0.4, 0.5) is 0 Å². The second-order valence-corrected chi connectivity index (χ2v) is 7.52. The van der Waals surface area contributed by atoms with Crippen LogP contribution >= 0.6 is 0 Å². The molecule has 0 spiro atoms. The predicted octanol–water partition coefficient (Wildman–Crippen LogP) is 3.54. The smallest absolute Gasteiger partial charge is 0.295 e. The van der Waals surface area contributed by atoms with Crippen molar-refractivity contribution in [3.05, 3.63) is 71.1 Å².